The molecule has 0 bridgehead atoms. The number of nitrogens with zero attached hydrogens (tertiary/aromatic N) is 2. The van der Waals surface area contributed by atoms with E-state index in [-0.39, 0.29) is 17.1 Å². The van der Waals surface area contributed by atoms with Crippen molar-refractivity contribution in [2.45, 2.75) is 13.5 Å². The molecule has 3 aromatic heterocycles. The maximum absolute atomic E-state index is 13.4. The molecule has 9 heteroatoms. The molecule has 5 rings (SSSR count). The van der Waals surface area contributed by atoms with Crippen LogP contribution in [-0.4, -0.2) is 28.3 Å². The third-order valence-electron chi connectivity index (χ3n) is 6.01. The molecule has 0 saturated carbocycles. The third-order valence-corrected chi connectivity index (χ3v) is 7.30. The molecule has 0 aliphatic heterocycles. The first kappa shape index (κ1) is 22.0. The molecule has 0 atom stereocenters. The van der Waals surface area contributed by atoms with Gasteiger partial charge in [-0.2, -0.15) is 0 Å². The predicted octanol–water partition coefficient (Wildman–Crippen LogP) is 4.44. The SMILES string of the molecule is CCS(=O)(=O)Nc1cc(-c2cn(C)c3c(=O)[nH]ccc23)cc2c1ccn2Cc1ccc(F)cc1. The van der Waals surface area contributed by atoms with E-state index in [2.05, 4.69) is 9.71 Å². The Bertz CT molecular complexity index is 1700. The molecule has 5 aromatic rings. The molecule has 0 amide bonds. The fraction of sp³-hybridized carbons (Fsp3) is 0.160. The lowest BCUT2D eigenvalue weighted by Crippen LogP contribution is -2.14. The topological polar surface area (TPSA) is 88.9 Å². The second-order valence-corrected chi connectivity index (χ2v) is 10.3. The Labute approximate surface area is 195 Å². The van der Waals surface area contributed by atoms with E-state index in [9.17, 15) is 17.6 Å². The highest BCUT2D eigenvalue weighted by Crippen LogP contribution is 2.36. The Kier molecular flexibility index (Phi) is 5.28. The van der Waals surface area contributed by atoms with Gasteiger partial charge in [0, 0.05) is 48.5 Å². The molecule has 34 heavy (non-hydrogen) atoms. The first-order chi connectivity index (χ1) is 16.3. The molecule has 0 aliphatic rings. The highest BCUT2D eigenvalue weighted by atomic mass is 32.2. The molecule has 0 radical (unpaired) electrons. The summed E-state index contributed by atoms with van der Waals surface area (Å²) in [7, 11) is -1.72. The van der Waals surface area contributed by atoms with Crippen LogP contribution < -0.4 is 10.3 Å². The molecule has 0 aliphatic carbocycles. The zero-order valence-electron chi connectivity index (χ0n) is 18.7. The van der Waals surface area contributed by atoms with Crippen LogP contribution in [0.1, 0.15) is 12.5 Å². The Morgan fingerprint density at radius 1 is 1.06 bits per heavy atom. The molecule has 174 valence electrons. The first-order valence-electron chi connectivity index (χ1n) is 10.8. The number of hydrogen-bond donors (Lipinski definition) is 2. The molecule has 3 heterocycles. The summed E-state index contributed by atoms with van der Waals surface area (Å²) in [6, 6.07) is 13.8. The number of sulfonamides is 1. The van der Waals surface area contributed by atoms with Crippen molar-refractivity contribution in [3.05, 3.63) is 88.9 Å². The molecule has 0 spiro atoms. The maximum Gasteiger partial charge on any atom is 0.272 e. The molecule has 2 N–H and O–H groups in total. The van der Waals surface area contributed by atoms with Gasteiger partial charge in [-0.05, 0) is 54.4 Å². The largest absolute Gasteiger partial charge is 0.345 e. The Hall–Kier alpha value is -3.85. The van der Waals surface area contributed by atoms with Gasteiger partial charge in [0.1, 0.15) is 11.3 Å². The monoisotopic (exact) mass is 478 g/mol. The van der Waals surface area contributed by atoms with Crippen LogP contribution in [0.5, 0.6) is 0 Å². The van der Waals surface area contributed by atoms with Crippen LogP contribution >= 0.6 is 0 Å². The summed E-state index contributed by atoms with van der Waals surface area (Å²) in [5.74, 6) is -0.357. The van der Waals surface area contributed by atoms with Crippen molar-refractivity contribution in [2.75, 3.05) is 10.5 Å². The fourth-order valence-electron chi connectivity index (χ4n) is 4.30. The van der Waals surface area contributed by atoms with Crippen LogP contribution in [0.4, 0.5) is 10.1 Å². The number of aromatic amines is 1. The molecule has 0 fully saturated rings. The number of fused-ring (bicyclic) bond motifs is 2. The van der Waals surface area contributed by atoms with Crippen molar-refractivity contribution >= 4 is 37.5 Å². The quantitative estimate of drug-likeness (QED) is 0.378. The summed E-state index contributed by atoms with van der Waals surface area (Å²) < 4.78 is 44.7. The van der Waals surface area contributed by atoms with E-state index >= 15 is 0 Å². The second-order valence-electron chi connectivity index (χ2n) is 8.25. The average molecular weight is 479 g/mol. The van der Waals surface area contributed by atoms with Crippen molar-refractivity contribution in [3.8, 4) is 11.1 Å². The standard InChI is InChI=1S/C25H23FN4O3S/c1-3-34(32,33)28-22-12-17(21-15-29(2)24-19(21)8-10-27-25(24)31)13-23-20(22)9-11-30(23)14-16-4-6-18(26)7-5-16/h4-13,15,28H,3,14H2,1-2H3,(H,27,31). The van der Waals surface area contributed by atoms with Gasteiger partial charge in [-0.15, -0.1) is 0 Å². The minimum atomic E-state index is -3.52. The number of benzene rings is 2. The number of aryl methyl sites for hydroxylation is 1. The van der Waals surface area contributed by atoms with Crippen LogP contribution in [-0.2, 0) is 23.6 Å². The number of nitrogens with one attached hydrogen (secondary N) is 2. The summed E-state index contributed by atoms with van der Waals surface area (Å²) in [6.07, 6.45) is 5.35. The van der Waals surface area contributed by atoms with Gasteiger partial charge in [0.25, 0.3) is 5.56 Å². The summed E-state index contributed by atoms with van der Waals surface area (Å²) >= 11 is 0. The van der Waals surface area contributed by atoms with Gasteiger partial charge < -0.3 is 14.1 Å². The first-order valence-corrected chi connectivity index (χ1v) is 12.5. The van der Waals surface area contributed by atoms with Gasteiger partial charge in [0.05, 0.1) is 17.0 Å². The number of rotatable bonds is 6. The van der Waals surface area contributed by atoms with Crippen LogP contribution in [0, 0.1) is 5.82 Å². The lowest BCUT2D eigenvalue weighted by Gasteiger charge is -2.12. The van der Waals surface area contributed by atoms with Crippen LogP contribution in [0.15, 0.2) is 71.9 Å². The van der Waals surface area contributed by atoms with Crippen molar-refractivity contribution in [1.29, 1.82) is 0 Å². The van der Waals surface area contributed by atoms with Gasteiger partial charge in [-0.1, -0.05) is 12.1 Å². The van der Waals surface area contributed by atoms with E-state index in [0.717, 1.165) is 33.0 Å². The van der Waals surface area contributed by atoms with Crippen molar-refractivity contribution in [2.24, 2.45) is 7.05 Å². The van der Waals surface area contributed by atoms with Gasteiger partial charge in [-0.25, -0.2) is 12.8 Å². The van der Waals surface area contributed by atoms with Crippen molar-refractivity contribution in [1.82, 2.24) is 14.1 Å². The van der Waals surface area contributed by atoms with E-state index in [4.69, 9.17) is 0 Å². The predicted molar refractivity (Wildman–Crippen MR) is 133 cm³/mol. The number of aromatic nitrogens is 3. The number of hydrogen-bond acceptors (Lipinski definition) is 3. The minimum Gasteiger partial charge on any atom is -0.345 e. The van der Waals surface area contributed by atoms with Gasteiger partial charge in [0.15, 0.2) is 0 Å². The lowest BCUT2D eigenvalue weighted by atomic mass is 10.0. The number of halogens is 1. The molecule has 0 unspecified atom stereocenters. The zero-order chi connectivity index (χ0) is 24.0. The van der Waals surface area contributed by atoms with Gasteiger partial charge in [0.2, 0.25) is 10.0 Å². The Balaban J connectivity index is 1.73. The Morgan fingerprint density at radius 3 is 2.56 bits per heavy atom. The van der Waals surface area contributed by atoms with Crippen LogP contribution in [0.2, 0.25) is 0 Å². The fourth-order valence-corrected chi connectivity index (χ4v) is 4.94. The highest BCUT2D eigenvalue weighted by Gasteiger charge is 2.17. The van der Waals surface area contributed by atoms with E-state index in [1.807, 2.05) is 35.2 Å². The van der Waals surface area contributed by atoms with Crippen LogP contribution in [0.3, 0.4) is 0 Å². The van der Waals surface area contributed by atoms with E-state index in [0.29, 0.717) is 17.7 Å². The third kappa shape index (κ3) is 3.88. The number of pyridine rings is 1. The second kappa shape index (κ2) is 8.18. The minimum absolute atomic E-state index is 0.0569. The number of anilines is 1. The molecular formula is C25H23FN4O3S. The highest BCUT2D eigenvalue weighted by molar-refractivity contribution is 7.92. The van der Waals surface area contributed by atoms with E-state index < -0.39 is 10.0 Å². The normalized spacial score (nSPS) is 12.0. The summed E-state index contributed by atoms with van der Waals surface area (Å²) in [5, 5.41) is 1.52. The maximum atomic E-state index is 13.4. The summed E-state index contributed by atoms with van der Waals surface area (Å²) in [5.41, 5.74) is 4.13. The van der Waals surface area contributed by atoms with Gasteiger partial charge >= 0.3 is 0 Å². The van der Waals surface area contributed by atoms with E-state index in [1.165, 1.54) is 12.1 Å². The van der Waals surface area contributed by atoms with Crippen LogP contribution in [0.25, 0.3) is 32.9 Å². The Morgan fingerprint density at radius 2 is 1.82 bits per heavy atom. The van der Waals surface area contributed by atoms with Crippen molar-refractivity contribution < 1.29 is 12.8 Å². The summed E-state index contributed by atoms with van der Waals surface area (Å²) in [6.45, 7) is 2.07. The molecule has 0 saturated heterocycles. The summed E-state index contributed by atoms with van der Waals surface area (Å²) in [4.78, 5) is 15.1. The van der Waals surface area contributed by atoms with Crippen molar-refractivity contribution in [3.63, 3.8) is 0 Å². The molecule has 7 nitrogen and oxygen atoms in total. The van der Waals surface area contributed by atoms with Gasteiger partial charge in [-0.3, -0.25) is 9.52 Å². The number of H-pyrrole nitrogens is 1. The average Bonchev–Trinajstić information content (AvgIpc) is 3.37. The molecule has 2 aromatic carbocycles. The smallest absolute Gasteiger partial charge is 0.272 e. The van der Waals surface area contributed by atoms with E-state index in [1.54, 1.807) is 42.9 Å². The zero-order valence-corrected chi connectivity index (χ0v) is 19.5. The lowest BCUT2D eigenvalue weighted by molar-refractivity contribution is 0.602. The molecular weight excluding hydrogens is 455 g/mol.